The molecule has 0 spiro atoms. The smallest absolute Gasteiger partial charge is 0.264 e. The highest BCUT2D eigenvalue weighted by atomic mass is 35.5. The van der Waals surface area contributed by atoms with Crippen molar-refractivity contribution >= 4 is 29.7 Å². The Bertz CT molecular complexity index is 472. The largest absolute Gasteiger partial charge is 0.335 e. The van der Waals surface area contributed by atoms with Crippen molar-refractivity contribution in [1.82, 2.24) is 15.1 Å². The minimum atomic E-state index is 0. The zero-order chi connectivity index (χ0) is 14.1. The molecule has 1 N–H and O–H groups in total. The molecule has 0 saturated carbocycles. The van der Waals surface area contributed by atoms with Crippen LogP contribution < -0.4 is 5.32 Å². The molecule has 2 saturated heterocycles. The molecule has 4 nitrogen and oxygen atoms in total. The van der Waals surface area contributed by atoms with Gasteiger partial charge < -0.3 is 10.2 Å². The fraction of sp³-hybridized carbons (Fsp3) is 0.667. The third-order valence-electron chi connectivity index (χ3n) is 4.53. The van der Waals surface area contributed by atoms with E-state index in [9.17, 15) is 4.79 Å². The molecule has 1 amide bonds. The van der Waals surface area contributed by atoms with Crippen molar-refractivity contribution in [2.75, 3.05) is 39.3 Å². The van der Waals surface area contributed by atoms with Gasteiger partial charge in [0.15, 0.2) is 0 Å². The molecule has 0 aliphatic carbocycles. The zero-order valence-corrected chi connectivity index (χ0v) is 14.4. The van der Waals surface area contributed by atoms with Gasteiger partial charge in [0.05, 0.1) is 4.88 Å². The molecule has 6 heteroatoms. The number of piperazine rings is 1. The van der Waals surface area contributed by atoms with E-state index in [0.717, 1.165) is 44.1 Å². The predicted molar refractivity (Wildman–Crippen MR) is 89.8 cm³/mol. The predicted octanol–water partition coefficient (Wildman–Crippen LogP) is 1.91. The number of amides is 1. The number of hydrogen-bond donors (Lipinski definition) is 1. The fourth-order valence-corrected chi connectivity index (χ4v) is 4.08. The third-order valence-corrected chi connectivity index (χ3v) is 5.67. The van der Waals surface area contributed by atoms with Gasteiger partial charge in [-0.2, -0.15) is 0 Å². The Labute approximate surface area is 136 Å². The Morgan fingerprint density at radius 3 is 2.52 bits per heavy atom. The van der Waals surface area contributed by atoms with Crippen LogP contribution in [0, 0.1) is 13.8 Å². The van der Waals surface area contributed by atoms with Crippen molar-refractivity contribution < 1.29 is 4.79 Å². The Hall–Kier alpha value is -0.620. The fourth-order valence-electron chi connectivity index (χ4n) is 3.08. The SMILES string of the molecule is Cc1cc(C(=O)N2CCN(C3CCNC3)CC2)sc1C.Cl. The molecule has 0 bridgehead atoms. The molecule has 2 aliphatic rings. The van der Waals surface area contributed by atoms with Gasteiger partial charge in [-0.25, -0.2) is 0 Å². The lowest BCUT2D eigenvalue weighted by atomic mass is 10.2. The van der Waals surface area contributed by atoms with E-state index >= 15 is 0 Å². The van der Waals surface area contributed by atoms with Crippen molar-refractivity contribution in [3.05, 3.63) is 21.4 Å². The lowest BCUT2D eigenvalue weighted by Gasteiger charge is -2.37. The van der Waals surface area contributed by atoms with Crippen LogP contribution in [0.4, 0.5) is 0 Å². The van der Waals surface area contributed by atoms with E-state index in [0.29, 0.717) is 6.04 Å². The average molecular weight is 330 g/mol. The molecule has 2 aliphatic heterocycles. The van der Waals surface area contributed by atoms with Crippen LogP contribution in [-0.4, -0.2) is 61.0 Å². The highest BCUT2D eigenvalue weighted by molar-refractivity contribution is 7.14. The normalized spacial score (nSPS) is 23.1. The summed E-state index contributed by atoms with van der Waals surface area (Å²) in [5.74, 6) is 0.218. The molecule has 3 heterocycles. The second-order valence-electron chi connectivity index (χ2n) is 5.82. The second kappa shape index (κ2) is 7.09. The van der Waals surface area contributed by atoms with Gasteiger partial charge in [0.1, 0.15) is 0 Å². The monoisotopic (exact) mass is 329 g/mol. The van der Waals surface area contributed by atoms with E-state index in [1.807, 2.05) is 11.0 Å². The van der Waals surface area contributed by atoms with Gasteiger partial charge in [-0.3, -0.25) is 9.69 Å². The summed E-state index contributed by atoms with van der Waals surface area (Å²) in [5, 5.41) is 3.42. The molecule has 0 aromatic carbocycles. The number of halogens is 1. The first-order chi connectivity index (χ1) is 9.65. The molecular weight excluding hydrogens is 306 g/mol. The maximum absolute atomic E-state index is 12.5. The number of nitrogens with one attached hydrogen (secondary N) is 1. The molecule has 1 atom stereocenters. The summed E-state index contributed by atoms with van der Waals surface area (Å²) in [5.41, 5.74) is 1.23. The van der Waals surface area contributed by atoms with E-state index in [4.69, 9.17) is 0 Å². The van der Waals surface area contributed by atoms with Gasteiger partial charge in [0, 0.05) is 43.6 Å². The van der Waals surface area contributed by atoms with Crippen molar-refractivity contribution in [2.45, 2.75) is 26.3 Å². The summed E-state index contributed by atoms with van der Waals surface area (Å²) in [6.45, 7) is 10.2. The van der Waals surface area contributed by atoms with Gasteiger partial charge in [-0.05, 0) is 38.4 Å². The Balaban J connectivity index is 0.00000161. The molecule has 1 aromatic heterocycles. The number of hydrogen-bond acceptors (Lipinski definition) is 4. The highest BCUT2D eigenvalue weighted by Gasteiger charge is 2.28. The summed E-state index contributed by atoms with van der Waals surface area (Å²) in [4.78, 5) is 19.2. The van der Waals surface area contributed by atoms with Crippen molar-refractivity contribution in [3.8, 4) is 0 Å². The van der Waals surface area contributed by atoms with Crippen LogP contribution in [-0.2, 0) is 0 Å². The molecule has 3 rings (SSSR count). The first-order valence-electron chi connectivity index (χ1n) is 7.46. The van der Waals surface area contributed by atoms with Crippen LogP contribution in [0.5, 0.6) is 0 Å². The quantitative estimate of drug-likeness (QED) is 0.900. The van der Waals surface area contributed by atoms with Crippen LogP contribution in [0.25, 0.3) is 0 Å². The van der Waals surface area contributed by atoms with Gasteiger partial charge in [0.2, 0.25) is 0 Å². The molecule has 0 radical (unpaired) electrons. The summed E-state index contributed by atoms with van der Waals surface area (Å²) >= 11 is 1.63. The number of aryl methyl sites for hydroxylation is 2. The Morgan fingerprint density at radius 1 is 1.29 bits per heavy atom. The standard InChI is InChI=1S/C15H23N3OS.ClH/c1-11-9-14(20-12(11)2)15(19)18-7-5-17(6-8-18)13-3-4-16-10-13;/h9,13,16H,3-8,10H2,1-2H3;1H. The van der Waals surface area contributed by atoms with Gasteiger partial charge in [0.25, 0.3) is 5.91 Å². The van der Waals surface area contributed by atoms with E-state index in [1.54, 1.807) is 11.3 Å². The average Bonchev–Trinajstić information content (AvgIpc) is 3.09. The molecule has 118 valence electrons. The topological polar surface area (TPSA) is 35.6 Å². The third kappa shape index (κ3) is 3.59. The van der Waals surface area contributed by atoms with Crippen molar-refractivity contribution in [1.29, 1.82) is 0 Å². The van der Waals surface area contributed by atoms with E-state index < -0.39 is 0 Å². The first kappa shape index (κ1) is 16.7. The molecule has 21 heavy (non-hydrogen) atoms. The van der Waals surface area contributed by atoms with E-state index in [-0.39, 0.29) is 18.3 Å². The summed E-state index contributed by atoms with van der Waals surface area (Å²) in [6, 6.07) is 2.72. The van der Waals surface area contributed by atoms with Crippen LogP contribution in [0.15, 0.2) is 6.07 Å². The van der Waals surface area contributed by atoms with E-state index in [1.165, 1.54) is 16.9 Å². The second-order valence-corrected chi connectivity index (χ2v) is 7.08. The Kier molecular flexibility index (Phi) is 5.66. The summed E-state index contributed by atoms with van der Waals surface area (Å²) in [7, 11) is 0. The van der Waals surface area contributed by atoms with Gasteiger partial charge in [-0.1, -0.05) is 0 Å². The number of nitrogens with zero attached hydrogens (tertiary/aromatic N) is 2. The highest BCUT2D eigenvalue weighted by Crippen LogP contribution is 2.23. The van der Waals surface area contributed by atoms with Gasteiger partial charge in [-0.15, -0.1) is 23.7 Å². The van der Waals surface area contributed by atoms with Crippen LogP contribution >= 0.6 is 23.7 Å². The van der Waals surface area contributed by atoms with Crippen molar-refractivity contribution in [2.24, 2.45) is 0 Å². The lowest BCUT2D eigenvalue weighted by molar-refractivity contribution is 0.0588. The number of thiophene rings is 1. The maximum atomic E-state index is 12.5. The summed E-state index contributed by atoms with van der Waals surface area (Å²) in [6.07, 6.45) is 1.25. The molecule has 1 aromatic rings. The minimum Gasteiger partial charge on any atom is -0.335 e. The number of carbonyl (C=O) groups is 1. The number of rotatable bonds is 2. The van der Waals surface area contributed by atoms with Crippen LogP contribution in [0.3, 0.4) is 0 Å². The zero-order valence-electron chi connectivity index (χ0n) is 12.7. The van der Waals surface area contributed by atoms with E-state index in [2.05, 4.69) is 24.1 Å². The van der Waals surface area contributed by atoms with Crippen LogP contribution in [0.2, 0.25) is 0 Å². The van der Waals surface area contributed by atoms with Crippen LogP contribution in [0.1, 0.15) is 26.5 Å². The minimum absolute atomic E-state index is 0. The summed E-state index contributed by atoms with van der Waals surface area (Å²) < 4.78 is 0. The Morgan fingerprint density at radius 2 is 2.00 bits per heavy atom. The number of carbonyl (C=O) groups excluding carboxylic acids is 1. The van der Waals surface area contributed by atoms with Crippen molar-refractivity contribution in [3.63, 3.8) is 0 Å². The van der Waals surface area contributed by atoms with Gasteiger partial charge >= 0.3 is 0 Å². The maximum Gasteiger partial charge on any atom is 0.264 e. The molecular formula is C15H24ClN3OS. The first-order valence-corrected chi connectivity index (χ1v) is 8.28. The molecule has 1 unspecified atom stereocenters. The molecule has 2 fully saturated rings. The lowest BCUT2D eigenvalue weighted by Crippen LogP contribution is -2.52.